The molecule has 0 saturated heterocycles. The van der Waals surface area contributed by atoms with Gasteiger partial charge >= 0.3 is 0 Å². The summed E-state index contributed by atoms with van der Waals surface area (Å²) in [6, 6.07) is 16.6. The Bertz CT molecular complexity index is 946. The molecule has 0 bridgehead atoms. The number of benzene rings is 2. The van der Waals surface area contributed by atoms with Crippen molar-refractivity contribution < 1.29 is 14.3 Å². The molecule has 7 heteroatoms. The van der Waals surface area contributed by atoms with Crippen LogP contribution in [0.1, 0.15) is 23.0 Å². The van der Waals surface area contributed by atoms with Gasteiger partial charge < -0.3 is 20.1 Å². The van der Waals surface area contributed by atoms with E-state index in [2.05, 4.69) is 20.6 Å². The molecule has 3 aromatic rings. The maximum atomic E-state index is 12.5. The number of nitrogens with zero attached hydrogens (tertiary/aromatic N) is 2. The van der Waals surface area contributed by atoms with Crippen LogP contribution in [-0.4, -0.2) is 29.6 Å². The van der Waals surface area contributed by atoms with Gasteiger partial charge in [0.1, 0.15) is 17.2 Å². The molecule has 28 heavy (non-hydrogen) atoms. The van der Waals surface area contributed by atoms with Crippen LogP contribution in [0, 0.1) is 0 Å². The quantitative estimate of drug-likeness (QED) is 0.623. The van der Waals surface area contributed by atoms with Crippen LogP contribution in [0.4, 0.5) is 11.6 Å². The number of ether oxygens (including phenoxy) is 2. The standard InChI is InChI=1S/C21H22N4O3/c1-3-28-19-11-7-5-9-16(19)24-21-22-13-12-17(25-21)20(26)23-14-15-8-4-6-10-18(15)27-2/h4-13H,3,14H2,1-2H3,(H,23,26)(H,22,24,25). The summed E-state index contributed by atoms with van der Waals surface area (Å²) in [5, 5.41) is 5.95. The van der Waals surface area contributed by atoms with Crippen molar-refractivity contribution in [1.82, 2.24) is 15.3 Å². The van der Waals surface area contributed by atoms with Gasteiger partial charge in [0, 0.05) is 18.3 Å². The summed E-state index contributed by atoms with van der Waals surface area (Å²) in [4.78, 5) is 21.0. The number of hydrogen-bond donors (Lipinski definition) is 2. The van der Waals surface area contributed by atoms with Crippen molar-refractivity contribution in [2.75, 3.05) is 19.0 Å². The van der Waals surface area contributed by atoms with E-state index in [0.29, 0.717) is 24.8 Å². The highest BCUT2D eigenvalue weighted by Crippen LogP contribution is 2.26. The van der Waals surface area contributed by atoms with Crippen LogP contribution >= 0.6 is 0 Å². The molecule has 1 amide bonds. The monoisotopic (exact) mass is 378 g/mol. The molecule has 7 nitrogen and oxygen atoms in total. The van der Waals surface area contributed by atoms with Gasteiger partial charge in [-0.25, -0.2) is 9.97 Å². The SMILES string of the molecule is CCOc1ccccc1Nc1nccc(C(=O)NCc2ccccc2OC)n1. The number of para-hydroxylation sites is 3. The van der Waals surface area contributed by atoms with Crippen LogP contribution in [0.5, 0.6) is 11.5 Å². The van der Waals surface area contributed by atoms with Crippen molar-refractivity contribution in [3.05, 3.63) is 72.1 Å². The molecule has 0 aliphatic rings. The average molecular weight is 378 g/mol. The Kier molecular flexibility index (Phi) is 6.41. The largest absolute Gasteiger partial charge is 0.496 e. The minimum Gasteiger partial charge on any atom is -0.496 e. The maximum absolute atomic E-state index is 12.5. The van der Waals surface area contributed by atoms with E-state index < -0.39 is 0 Å². The molecule has 0 spiro atoms. The molecule has 0 aliphatic heterocycles. The summed E-state index contributed by atoms with van der Waals surface area (Å²) in [5.74, 6) is 1.44. The molecule has 144 valence electrons. The molecule has 0 atom stereocenters. The van der Waals surface area contributed by atoms with Gasteiger partial charge in [-0.05, 0) is 31.2 Å². The number of nitrogens with one attached hydrogen (secondary N) is 2. The number of amides is 1. The number of aromatic nitrogens is 2. The number of anilines is 2. The molecule has 0 fully saturated rings. The van der Waals surface area contributed by atoms with E-state index in [0.717, 1.165) is 17.0 Å². The van der Waals surface area contributed by atoms with Crippen molar-refractivity contribution >= 4 is 17.5 Å². The summed E-state index contributed by atoms with van der Waals surface area (Å²) in [6.07, 6.45) is 1.54. The molecular weight excluding hydrogens is 356 g/mol. The van der Waals surface area contributed by atoms with E-state index in [1.807, 2.05) is 55.5 Å². The minimum atomic E-state index is -0.297. The summed E-state index contributed by atoms with van der Waals surface area (Å²) in [7, 11) is 1.60. The zero-order chi connectivity index (χ0) is 19.8. The van der Waals surface area contributed by atoms with Gasteiger partial charge in [-0.3, -0.25) is 4.79 Å². The molecule has 2 N–H and O–H groups in total. The fraction of sp³-hybridized carbons (Fsp3) is 0.190. The first-order valence-corrected chi connectivity index (χ1v) is 8.93. The highest BCUT2D eigenvalue weighted by molar-refractivity contribution is 5.92. The zero-order valence-electron chi connectivity index (χ0n) is 15.8. The molecule has 0 unspecified atom stereocenters. The second-order valence-corrected chi connectivity index (χ2v) is 5.81. The first-order valence-electron chi connectivity index (χ1n) is 8.93. The lowest BCUT2D eigenvalue weighted by molar-refractivity contribution is 0.0945. The Morgan fingerprint density at radius 2 is 1.79 bits per heavy atom. The van der Waals surface area contributed by atoms with Crippen LogP contribution in [0.3, 0.4) is 0 Å². The van der Waals surface area contributed by atoms with E-state index in [4.69, 9.17) is 9.47 Å². The number of methoxy groups -OCH3 is 1. The highest BCUT2D eigenvalue weighted by atomic mass is 16.5. The van der Waals surface area contributed by atoms with E-state index in [9.17, 15) is 4.79 Å². The van der Waals surface area contributed by atoms with Gasteiger partial charge in [0.15, 0.2) is 0 Å². The topological polar surface area (TPSA) is 85.4 Å². The van der Waals surface area contributed by atoms with E-state index in [1.54, 1.807) is 13.2 Å². The summed E-state index contributed by atoms with van der Waals surface area (Å²) in [5.41, 5.74) is 1.88. The van der Waals surface area contributed by atoms with Crippen molar-refractivity contribution in [2.24, 2.45) is 0 Å². The summed E-state index contributed by atoms with van der Waals surface area (Å²) >= 11 is 0. The van der Waals surface area contributed by atoms with E-state index >= 15 is 0 Å². The lowest BCUT2D eigenvalue weighted by Gasteiger charge is -2.12. The third-order valence-corrected chi connectivity index (χ3v) is 3.95. The smallest absolute Gasteiger partial charge is 0.270 e. The number of rotatable bonds is 8. The molecular formula is C21H22N4O3. The van der Waals surface area contributed by atoms with Gasteiger partial charge in [0.05, 0.1) is 19.4 Å². The molecule has 1 heterocycles. The Balaban J connectivity index is 1.70. The molecule has 0 aliphatic carbocycles. The molecule has 3 rings (SSSR count). The zero-order valence-corrected chi connectivity index (χ0v) is 15.8. The first-order chi connectivity index (χ1) is 13.7. The summed E-state index contributed by atoms with van der Waals surface area (Å²) < 4.78 is 10.9. The van der Waals surface area contributed by atoms with Crippen LogP contribution in [0.25, 0.3) is 0 Å². The van der Waals surface area contributed by atoms with Crippen LogP contribution < -0.4 is 20.1 Å². The molecule has 0 radical (unpaired) electrons. The minimum absolute atomic E-state index is 0.265. The van der Waals surface area contributed by atoms with Crippen LogP contribution in [0.2, 0.25) is 0 Å². The lowest BCUT2D eigenvalue weighted by atomic mass is 10.2. The Morgan fingerprint density at radius 3 is 2.57 bits per heavy atom. The normalized spacial score (nSPS) is 10.2. The average Bonchev–Trinajstić information content (AvgIpc) is 2.74. The van der Waals surface area contributed by atoms with Crippen molar-refractivity contribution in [3.8, 4) is 11.5 Å². The molecule has 1 aromatic heterocycles. The van der Waals surface area contributed by atoms with Crippen molar-refractivity contribution in [1.29, 1.82) is 0 Å². The van der Waals surface area contributed by atoms with Crippen molar-refractivity contribution in [2.45, 2.75) is 13.5 Å². The van der Waals surface area contributed by atoms with Gasteiger partial charge in [-0.2, -0.15) is 0 Å². The maximum Gasteiger partial charge on any atom is 0.270 e. The Hall–Kier alpha value is -3.61. The predicted molar refractivity (Wildman–Crippen MR) is 107 cm³/mol. The van der Waals surface area contributed by atoms with Gasteiger partial charge in [-0.15, -0.1) is 0 Å². The fourth-order valence-electron chi connectivity index (χ4n) is 2.63. The van der Waals surface area contributed by atoms with Gasteiger partial charge in [0.2, 0.25) is 5.95 Å². The Morgan fingerprint density at radius 1 is 1.04 bits per heavy atom. The number of carbonyl (C=O) groups is 1. The predicted octanol–water partition coefficient (Wildman–Crippen LogP) is 3.56. The molecule has 2 aromatic carbocycles. The Labute approximate surface area is 163 Å². The molecule has 0 saturated carbocycles. The van der Waals surface area contributed by atoms with Gasteiger partial charge in [0.25, 0.3) is 5.91 Å². The van der Waals surface area contributed by atoms with Crippen LogP contribution in [0.15, 0.2) is 60.8 Å². The second-order valence-electron chi connectivity index (χ2n) is 5.81. The second kappa shape index (κ2) is 9.36. The first kappa shape index (κ1) is 19.2. The highest BCUT2D eigenvalue weighted by Gasteiger charge is 2.11. The van der Waals surface area contributed by atoms with E-state index in [1.165, 1.54) is 6.20 Å². The summed E-state index contributed by atoms with van der Waals surface area (Å²) in [6.45, 7) is 2.80. The fourth-order valence-corrected chi connectivity index (χ4v) is 2.63. The van der Waals surface area contributed by atoms with E-state index in [-0.39, 0.29) is 11.6 Å². The van der Waals surface area contributed by atoms with Crippen LogP contribution in [-0.2, 0) is 6.54 Å². The third kappa shape index (κ3) is 4.76. The number of carbonyl (C=O) groups excluding carboxylic acids is 1. The number of hydrogen-bond acceptors (Lipinski definition) is 6. The van der Waals surface area contributed by atoms with Gasteiger partial charge in [-0.1, -0.05) is 30.3 Å². The third-order valence-electron chi connectivity index (χ3n) is 3.95. The van der Waals surface area contributed by atoms with Crippen molar-refractivity contribution in [3.63, 3.8) is 0 Å². The lowest BCUT2D eigenvalue weighted by Crippen LogP contribution is -2.24.